The normalized spacial score (nSPS) is 16.3. The molecule has 8 heteroatoms. The summed E-state index contributed by atoms with van der Waals surface area (Å²) in [5.41, 5.74) is -0.472. The Hall–Kier alpha value is -2.32. The summed E-state index contributed by atoms with van der Waals surface area (Å²) in [4.78, 5) is 16.9. The number of rotatable bonds is 6. The fourth-order valence-corrected chi connectivity index (χ4v) is 3.13. The van der Waals surface area contributed by atoms with Crippen molar-refractivity contribution in [1.29, 1.82) is 0 Å². The topological polar surface area (TPSA) is 48.7 Å². The van der Waals surface area contributed by atoms with Crippen LogP contribution in [0.4, 0.5) is 13.2 Å². The van der Waals surface area contributed by atoms with Gasteiger partial charge in [-0.3, -0.25) is 4.79 Å². The summed E-state index contributed by atoms with van der Waals surface area (Å²) < 4.78 is 44.0. The minimum atomic E-state index is -4.42. The number of amides is 1. The largest absolute Gasteiger partial charge is 0.451 e. The number of likely N-dealkylation sites (N-methyl/N-ethyl adjacent to an activating group) is 1. The Morgan fingerprint density at radius 3 is 2.61 bits per heavy atom. The zero-order valence-electron chi connectivity index (χ0n) is 15.8. The number of alkyl halides is 3. The van der Waals surface area contributed by atoms with Gasteiger partial charge >= 0.3 is 6.18 Å². The molecule has 1 amide bonds. The maximum atomic E-state index is 12.8. The van der Waals surface area contributed by atoms with E-state index in [2.05, 4.69) is 22.2 Å². The number of benzene rings is 1. The second kappa shape index (κ2) is 8.79. The van der Waals surface area contributed by atoms with Crippen molar-refractivity contribution in [2.75, 3.05) is 46.3 Å². The summed E-state index contributed by atoms with van der Waals surface area (Å²) in [6, 6.07) is 7.83. The third kappa shape index (κ3) is 5.36. The van der Waals surface area contributed by atoms with Crippen LogP contribution in [0.3, 0.4) is 0 Å². The van der Waals surface area contributed by atoms with Gasteiger partial charge in [0.05, 0.1) is 5.56 Å². The minimum Gasteiger partial charge on any atom is -0.451 e. The molecule has 0 unspecified atom stereocenters. The number of hydrogen-bond acceptors (Lipinski definition) is 4. The van der Waals surface area contributed by atoms with Crippen molar-refractivity contribution in [3.63, 3.8) is 0 Å². The van der Waals surface area contributed by atoms with Crippen LogP contribution in [0, 0.1) is 0 Å². The van der Waals surface area contributed by atoms with Gasteiger partial charge in [-0.15, -0.1) is 0 Å². The van der Waals surface area contributed by atoms with E-state index < -0.39 is 11.7 Å². The average molecular weight is 395 g/mol. The molecule has 152 valence electrons. The summed E-state index contributed by atoms with van der Waals surface area (Å²) in [5.74, 6) is -0.0442. The molecule has 1 aromatic carbocycles. The number of halogens is 3. The predicted molar refractivity (Wildman–Crippen MR) is 100 cm³/mol. The number of nitrogens with zero attached hydrogens (tertiary/aromatic N) is 2. The minimum absolute atomic E-state index is 0.0898. The molecule has 0 saturated carbocycles. The van der Waals surface area contributed by atoms with Gasteiger partial charge in [0, 0.05) is 38.3 Å². The van der Waals surface area contributed by atoms with Crippen molar-refractivity contribution in [2.45, 2.75) is 12.6 Å². The molecule has 0 bridgehead atoms. The molecule has 1 N–H and O–H groups in total. The third-order valence-electron chi connectivity index (χ3n) is 4.84. The quantitative estimate of drug-likeness (QED) is 0.763. The summed E-state index contributed by atoms with van der Waals surface area (Å²) in [5, 5.41) is 2.80. The van der Waals surface area contributed by atoms with Crippen LogP contribution in [0.1, 0.15) is 22.5 Å². The maximum Gasteiger partial charge on any atom is 0.416 e. The van der Waals surface area contributed by atoms with Crippen LogP contribution in [0.25, 0.3) is 11.3 Å². The Balaban J connectivity index is 1.50. The number of furan rings is 1. The molecule has 28 heavy (non-hydrogen) atoms. The van der Waals surface area contributed by atoms with Crippen molar-refractivity contribution in [3.8, 4) is 11.3 Å². The third-order valence-corrected chi connectivity index (χ3v) is 4.84. The second-order valence-electron chi connectivity index (χ2n) is 7.00. The molecule has 2 aromatic rings. The highest BCUT2D eigenvalue weighted by atomic mass is 19.4. The fourth-order valence-electron chi connectivity index (χ4n) is 3.13. The van der Waals surface area contributed by atoms with Crippen molar-refractivity contribution in [2.24, 2.45) is 0 Å². The SMILES string of the molecule is CN1CCN(CCCNC(=O)c2ccc(-c3cccc(C(F)(F)F)c3)o2)CC1. The number of nitrogens with one attached hydrogen (secondary N) is 1. The Labute approximate surface area is 162 Å². The molecule has 1 aliphatic rings. The van der Waals surface area contributed by atoms with Crippen LogP contribution >= 0.6 is 0 Å². The standard InChI is InChI=1S/C20H24F3N3O2/c1-25-10-12-26(13-11-25)9-3-8-24-19(27)18-7-6-17(28-18)15-4-2-5-16(14-15)20(21,22)23/h2,4-7,14H,3,8-13H2,1H3,(H,24,27). The van der Waals surface area contributed by atoms with Crippen LogP contribution < -0.4 is 5.32 Å². The molecule has 0 atom stereocenters. The number of hydrogen-bond donors (Lipinski definition) is 1. The van der Waals surface area contributed by atoms with E-state index >= 15 is 0 Å². The monoisotopic (exact) mass is 395 g/mol. The first-order valence-electron chi connectivity index (χ1n) is 9.29. The van der Waals surface area contributed by atoms with Crippen LogP contribution in [-0.4, -0.2) is 62.0 Å². The molecule has 5 nitrogen and oxygen atoms in total. The number of carbonyl (C=O) groups excluding carboxylic acids is 1. The van der Waals surface area contributed by atoms with E-state index in [9.17, 15) is 18.0 Å². The molecule has 1 fully saturated rings. The van der Waals surface area contributed by atoms with Gasteiger partial charge in [0.15, 0.2) is 5.76 Å². The molecule has 1 saturated heterocycles. The van der Waals surface area contributed by atoms with Gasteiger partial charge in [-0.25, -0.2) is 0 Å². The zero-order valence-corrected chi connectivity index (χ0v) is 15.8. The number of carbonyl (C=O) groups is 1. The first-order chi connectivity index (χ1) is 13.3. The Bertz CT molecular complexity index is 796. The van der Waals surface area contributed by atoms with Gasteiger partial charge in [0.25, 0.3) is 5.91 Å². The Morgan fingerprint density at radius 2 is 1.89 bits per heavy atom. The van der Waals surface area contributed by atoms with Gasteiger partial charge < -0.3 is 19.5 Å². The highest BCUT2D eigenvalue weighted by Crippen LogP contribution is 2.32. The fraction of sp³-hybridized carbons (Fsp3) is 0.450. The van der Waals surface area contributed by atoms with Crippen molar-refractivity contribution < 1.29 is 22.4 Å². The summed E-state index contributed by atoms with van der Waals surface area (Å²) in [7, 11) is 2.11. The lowest BCUT2D eigenvalue weighted by molar-refractivity contribution is -0.137. The van der Waals surface area contributed by atoms with Gasteiger partial charge in [0.2, 0.25) is 0 Å². The molecule has 0 aliphatic carbocycles. The lowest BCUT2D eigenvalue weighted by Gasteiger charge is -2.32. The van der Waals surface area contributed by atoms with Gasteiger partial charge in [0.1, 0.15) is 5.76 Å². The van der Waals surface area contributed by atoms with Crippen LogP contribution in [0.15, 0.2) is 40.8 Å². The number of piperazine rings is 1. The molecule has 1 aliphatic heterocycles. The molecule has 2 heterocycles. The van der Waals surface area contributed by atoms with E-state index in [1.165, 1.54) is 24.3 Å². The van der Waals surface area contributed by atoms with Crippen LogP contribution in [-0.2, 0) is 6.18 Å². The average Bonchev–Trinajstić information content (AvgIpc) is 3.16. The van der Waals surface area contributed by atoms with Gasteiger partial charge in [-0.2, -0.15) is 13.2 Å². The van der Waals surface area contributed by atoms with Crippen molar-refractivity contribution in [1.82, 2.24) is 15.1 Å². The summed E-state index contributed by atoms with van der Waals surface area (Å²) in [6.07, 6.45) is -3.59. The van der Waals surface area contributed by atoms with E-state index in [1.54, 1.807) is 0 Å². The van der Waals surface area contributed by atoms with E-state index in [0.717, 1.165) is 51.3 Å². The zero-order chi connectivity index (χ0) is 20.1. The maximum absolute atomic E-state index is 12.8. The van der Waals surface area contributed by atoms with E-state index in [1.807, 2.05) is 0 Å². The molecule has 3 rings (SSSR count). The van der Waals surface area contributed by atoms with Crippen molar-refractivity contribution in [3.05, 3.63) is 47.7 Å². The van der Waals surface area contributed by atoms with Crippen LogP contribution in [0.2, 0.25) is 0 Å². The predicted octanol–water partition coefficient (Wildman–Crippen LogP) is 3.33. The second-order valence-corrected chi connectivity index (χ2v) is 7.00. The summed E-state index contributed by atoms with van der Waals surface area (Å²) in [6.45, 7) is 5.60. The Kier molecular flexibility index (Phi) is 6.41. The lowest BCUT2D eigenvalue weighted by atomic mass is 10.1. The molecule has 0 spiro atoms. The first kappa shape index (κ1) is 20.4. The van der Waals surface area contributed by atoms with E-state index in [4.69, 9.17) is 4.42 Å². The Morgan fingerprint density at radius 1 is 1.14 bits per heavy atom. The van der Waals surface area contributed by atoms with Crippen LogP contribution in [0.5, 0.6) is 0 Å². The molecular formula is C20H24F3N3O2. The lowest BCUT2D eigenvalue weighted by Crippen LogP contribution is -2.45. The highest BCUT2D eigenvalue weighted by Gasteiger charge is 2.30. The molecule has 0 radical (unpaired) electrons. The van der Waals surface area contributed by atoms with Crippen molar-refractivity contribution >= 4 is 5.91 Å². The first-order valence-corrected chi connectivity index (χ1v) is 9.29. The van der Waals surface area contributed by atoms with E-state index in [-0.39, 0.29) is 23.0 Å². The highest BCUT2D eigenvalue weighted by molar-refractivity contribution is 5.92. The summed E-state index contributed by atoms with van der Waals surface area (Å²) >= 11 is 0. The molecule has 1 aromatic heterocycles. The van der Waals surface area contributed by atoms with Gasteiger partial charge in [-0.05, 0) is 44.3 Å². The smallest absolute Gasteiger partial charge is 0.416 e. The van der Waals surface area contributed by atoms with Gasteiger partial charge in [-0.1, -0.05) is 12.1 Å². The van der Waals surface area contributed by atoms with E-state index in [0.29, 0.717) is 6.54 Å². The molecular weight excluding hydrogens is 371 g/mol.